The van der Waals surface area contributed by atoms with Crippen molar-refractivity contribution in [2.45, 2.75) is 129 Å². The van der Waals surface area contributed by atoms with Crippen LogP contribution in [0.1, 0.15) is 129 Å². The lowest BCUT2D eigenvalue weighted by Gasteiger charge is -2.30. The van der Waals surface area contributed by atoms with Crippen LogP contribution in [0.25, 0.3) is 0 Å². The van der Waals surface area contributed by atoms with Crippen LogP contribution in [0.4, 0.5) is 0 Å². The average Bonchev–Trinajstić information content (AvgIpc) is 2.37. The van der Waals surface area contributed by atoms with E-state index in [0.717, 1.165) is 38.5 Å². The van der Waals surface area contributed by atoms with Crippen LogP contribution in [0, 0.1) is 22.2 Å². The molecule has 0 amide bonds. The van der Waals surface area contributed by atoms with Crippen molar-refractivity contribution in [1.29, 1.82) is 0 Å². The van der Waals surface area contributed by atoms with E-state index in [1.807, 2.05) is 20.8 Å². The second-order valence-corrected chi connectivity index (χ2v) is 11.3. The van der Waals surface area contributed by atoms with Crippen molar-refractivity contribution < 1.29 is 9.59 Å². The van der Waals surface area contributed by atoms with E-state index in [2.05, 4.69) is 41.5 Å². The highest BCUT2D eigenvalue weighted by Crippen LogP contribution is 2.34. The lowest BCUT2D eigenvalue weighted by atomic mass is 9.74. The monoisotopic (exact) mass is 384 g/mol. The van der Waals surface area contributed by atoms with Crippen LogP contribution in [-0.2, 0) is 9.59 Å². The molecule has 0 heterocycles. The van der Waals surface area contributed by atoms with Crippen LogP contribution in [0.5, 0.6) is 0 Å². The molecule has 0 aliphatic heterocycles. The van der Waals surface area contributed by atoms with Gasteiger partial charge >= 0.3 is 0 Å². The van der Waals surface area contributed by atoms with Crippen molar-refractivity contribution in [3.8, 4) is 0 Å². The summed E-state index contributed by atoms with van der Waals surface area (Å²) >= 11 is 0. The Kier molecular flexibility index (Phi) is 14.6. The number of ketones is 2. The Morgan fingerprint density at radius 3 is 1.33 bits per heavy atom. The SMILES string of the molecule is C.C.CC(C)(C)CC(CC(C)(C)C)C(=O)CCCCCCC(=O)C(C)(C)C. The Morgan fingerprint density at radius 2 is 1.00 bits per heavy atom. The summed E-state index contributed by atoms with van der Waals surface area (Å²) in [5.74, 6) is 0.970. The molecular formula is C25H52O2. The average molecular weight is 385 g/mol. The maximum Gasteiger partial charge on any atom is 0.138 e. The molecule has 0 N–H and O–H groups in total. The Hall–Kier alpha value is -0.660. The number of carbonyl (C=O) groups excluding carboxylic acids is 2. The summed E-state index contributed by atoms with van der Waals surface area (Å²) in [7, 11) is 0. The van der Waals surface area contributed by atoms with Gasteiger partial charge in [-0.3, -0.25) is 9.59 Å². The zero-order valence-electron chi connectivity index (χ0n) is 18.6. The van der Waals surface area contributed by atoms with E-state index in [9.17, 15) is 9.59 Å². The molecule has 0 aromatic rings. The molecule has 0 fully saturated rings. The van der Waals surface area contributed by atoms with E-state index in [-0.39, 0.29) is 37.0 Å². The van der Waals surface area contributed by atoms with Crippen LogP contribution >= 0.6 is 0 Å². The third kappa shape index (κ3) is 17.2. The molecule has 0 aliphatic carbocycles. The fourth-order valence-electron chi connectivity index (χ4n) is 3.30. The summed E-state index contributed by atoms with van der Waals surface area (Å²) in [6.07, 6.45) is 7.36. The largest absolute Gasteiger partial charge is 0.299 e. The van der Waals surface area contributed by atoms with Crippen molar-refractivity contribution in [1.82, 2.24) is 0 Å². The summed E-state index contributed by atoms with van der Waals surface area (Å²) < 4.78 is 0. The Labute approximate surface area is 172 Å². The molecule has 0 bridgehead atoms. The smallest absolute Gasteiger partial charge is 0.138 e. The normalized spacial score (nSPS) is 12.4. The molecule has 0 saturated carbocycles. The van der Waals surface area contributed by atoms with Gasteiger partial charge in [-0.25, -0.2) is 0 Å². The molecule has 2 nitrogen and oxygen atoms in total. The standard InChI is InChI=1S/C23H44O2.2CH4/c1-21(2,3)16-18(17-22(4,5)6)19(24)14-12-10-11-13-15-20(25)23(7,8)9;;/h18H,10-17H2,1-9H3;2*1H4. The van der Waals surface area contributed by atoms with Gasteiger partial charge in [-0.05, 0) is 36.5 Å². The summed E-state index contributed by atoms with van der Waals surface area (Å²) in [6.45, 7) is 19.3. The minimum atomic E-state index is -0.219. The maximum atomic E-state index is 12.7. The molecule has 0 aromatic heterocycles. The molecular weight excluding hydrogens is 332 g/mol. The molecule has 0 radical (unpaired) electrons. The van der Waals surface area contributed by atoms with Gasteiger partial charge in [-0.2, -0.15) is 0 Å². The van der Waals surface area contributed by atoms with Gasteiger partial charge in [0.2, 0.25) is 0 Å². The fourth-order valence-corrected chi connectivity index (χ4v) is 3.30. The van der Waals surface area contributed by atoms with Crippen molar-refractivity contribution in [2.24, 2.45) is 22.2 Å². The van der Waals surface area contributed by atoms with Crippen LogP contribution in [-0.4, -0.2) is 11.6 Å². The van der Waals surface area contributed by atoms with E-state index in [0.29, 0.717) is 24.4 Å². The van der Waals surface area contributed by atoms with Gasteiger partial charge in [-0.15, -0.1) is 0 Å². The van der Waals surface area contributed by atoms with Crippen LogP contribution in [0.2, 0.25) is 0 Å². The molecule has 0 saturated heterocycles. The summed E-state index contributed by atoms with van der Waals surface area (Å²) in [5, 5.41) is 0. The molecule has 27 heavy (non-hydrogen) atoms. The number of hydrogen-bond acceptors (Lipinski definition) is 2. The zero-order valence-corrected chi connectivity index (χ0v) is 18.6. The molecule has 2 heteroatoms. The van der Waals surface area contributed by atoms with Gasteiger partial charge in [-0.1, -0.05) is 90.0 Å². The first kappa shape index (κ1) is 31.0. The molecule has 164 valence electrons. The quantitative estimate of drug-likeness (QED) is 0.355. The van der Waals surface area contributed by atoms with Gasteiger partial charge < -0.3 is 0 Å². The van der Waals surface area contributed by atoms with Gasteiger partial charge in [0.1, 0.15) is 11.6 Å². The first-order chi connectivity index (χ1) is 11.1. The minimum Gasteiger partial charge on any atom is -0.299 e. The predicted octanol–water partition coefficient (Wildman–Crippen LogP) is 8.27. The maximum absolute atomic E-state index is 12.7. The van der Waals surface area contributed by atoms with Gasteiger partial charge in [0.25, 0.3) is 0 Å². The predicted molar refractivity (Wildman–Crippen MR) is 122 cm³/mol. The van der Waals surface area contributed by atoms with Crippen LogP contribution in [0.15, 0.2) is 0 Å². The van der Waals surface area contributed by atoms with Crippen LogP contribution in [0.3, 0.4) is 0 Å². The fraction of sp³-hybridized carbons (Fsp3) is 0.920. The molecule has 0 rings (SSSR count). The van der Waals surface area contributed by atoms with Gasteiger partial charge in [0, 0.05) is 24.2 Å². The van der Waals surface area contributed by atoms with Crippen molar-refractivity contribution in [2.75, 3.05) is 0 Å². The number of unbranched alkanes of at least 4 members (excludes halogenated alkanes) is 3. The van der Waals surface area contributed by atoms with Crippen molar-refractivity contribution >= 4 is 11.6 Å². The van der Waals surface area contributed by atoms with E-state index in [1.165, 1.54) is 0 Å². The number of carbonyl (C=O) groups is 2. The number of Topliss-reactive ketones (excluding diaryl/α,β-unsaturated/α-hetero) is 2. The van der Waals surface area contributed by atoms with E-state index >= 15 is 0 Å². The lowest BCUT2D eigenvalue weighted by molar-refractivity contribution is -0.126. The van der Waals surface area contributed by atoms with E-state index in [1.54, 1.807) is 0 Å². The number of rotatable bonds is 10. The topological polar surface area (TPSA) is 34.1 Å². The first-order valence-electron chi connectivity index (χ1n) is 10.2. The number of hydrogen-bond donors (Lipinski definition) is 0. The van der Waals surface area contributed by atoms with Crippen LogP contribution < -0.4 is 0 Å². The highest BCUT2D eigenvalue weighted by Gasteiger charge is 2.28. The molecule has 0 spiro atoms. The summed E-state index contributed by atoms with van der Waals surface area (Å²) in [6, 6.07) is 0. The Bertz CT molecular complexity index is 397. The van der Waals surface area contributed by atoms with Crippen molar-refractivity contribution in [3.05, 3.63) is 0 Å². The third-order valence-electron chi connectivity index (χ3n) is 4.59. The highest BCUT2D eigenvalue weighted by molar-refractivity contribution is 5.83. The molecule has 0 aromatic carbocycles. The summed E-state index contributed by atoms with van der Waals surface area (Å²) in [4.78, 5) is 24.6. The molecule has 0 aliphatic rings. The second kappa shape index (κ2) is 12.7. The van der Waals surface area contributed by atoms with Crippen molar-refractivity contribution in [3.63, 3.8) is 0 Å². The first-order valence-corrected chi connectivity index (χ1v) is 10.2. The van der Waals surface area contributed by atoms with Gasteiger partial charge in [0.15, 0.2) is 0 Å². The zero-order chi connectivity index (χ0) is 19.9. The van der Waals surface area contributed by atoms with E-state index in [4.69, 9.17) is 0 Å². The summed E-state index contributed by atoms with van der Waals surface area (Å²) in [5.41, 5.74) is 0.168. The van der Waals surface area contributed by atoms with E-state index < -0.39 is 0 Å². The van der Waals surface area contributed by atoms with Gasteiger partial charge in [0.05, 0.1) is 0 Å². The third-order valence-corrected chi connectivity index (χ3v) is 4.59. The molecule has 0 unspecified atom stereocenters. The minimum absolute atomic E-state index is 0. The lowest BCUT2D eigenvalue weighted by Crippen LogP contribution is -2.25. The Morgan fingerprint density at radius 1 is 0.630 bits per heavy atom. The molecule has 0 atom stereocenters. The highest BCUT2D eigenvalue weighted by atomic mass is 16.1. The Balaban J connectivity index is -0.00000288. The second-order valence-electron chi connectivity index (χ2n) is 11.3.